The summed E-state index contributed by atoms with van der Waals surface area (Å²) >= 11 is 0. The van der Waals surface area contributed by atoms with Gasteiger partial charge in [-0.25, -0.2) is 4.79 Å². The van der Waals surface area contributed by atoms with Crippen LogP contribution in [0.1, 0.15) is 58.3 Å². The summed E-state index contributed by atoms with van der Waals surface area (Å²) in [7, 11) is 0. The third kappa shape index (κ3) is 3.87. The van der Waals surface area contributed by atoms with Crippen molar-refractivity contribution in [1.29, 1.82) is 0 Å². The molecule has 4 N–H and O–H groups in total. The SMILES string of the molecule is CC1CCC(N)(CNC(=O)NC2CCCC2)CC1. The highest BCUT2D eigenvalue weighted by Crippen LogP contribution is 2.29. The monoisotopic (exact) mass is 253 g/mol. The molecule has 0 unspecified atom stereocenters. The summed E-state index contributed by atoms with van der Waals surface area (Å²) in [6.07, 6.45) is 9.14. The van der Waals surface area contributed by atoms with Crippen LogP contribution in [0, 0.1) is 5.92 Å². The maximum absolute atomic E-state index is 11.8. The second kappa shape index (κ2) is 5.91. The van der Waals surface area contributed by atoms with Gasteiger partial charge in [-0.15, -0.1) is 0 Å². The lowest BCUT2D eigenvalue weighted by atomic mass is 9.78. The molecule has 0 radical (unpaired) electrons. The minimum absolute atomic E-state index is 0.0367. The van der Waals surface area contributed by atoms with Gasteiger partial charge in [0, 0.05) is 18.1 Å². The summed E-state index contributed by atoms with van der Waals surface area (Å²) in [6.45, 7) is 2.89. The van der Waals surface area contributed by atoms with Crippen LogP contribution in [0.3, 0.4) is 0 Å². The van der Waals surface area contributed by atoms with Crippen molar-refractivity contribution >= 4 is 6.03 Å². The number of hydrogen-bond acceptors (Lipinski definition) is 2. The molecule has 2 amide bonds. The Labute approximate surface area is 110 Å². The molecule has 0 aliphatic heterocycles. The Morgan fingerprint density at radius 1 is 1.22 bits per heavy atom. The van der Waals surface area contributed by atoms with Crippen molar-refractivity contribution in [2.75, 3.05) is 6.54 Å². The van der Waals surface area contributed by atoms with Crippen LogP contribution >= 0.6 is 0 Å². The lowest BCUT2D eigenvalue weighted by molar-refractivity contribution is 0.217. The number of carbonyl (C=O) groups excluding carboxylic acids is 1. The topological polar surface area (TPSA) is 67.1 Å². The molecule has 2 aliphatic rings. The van der Waals surface area contributed by atoms with E-state index in [1.807, 2.05) is 0 Å². The molecule has 18 heavy (non-hydrogen) atoms. The summed E-state index contributed by atoms with van der Waals surface area (Å²) in [5.74, 6) is 0.786. The number of urea groups is 1. The number of nitrogens with one attached hydrogen (secondary N) is 2. The van der Waals surface area contributed by atoms with E-state index >= 15 is 0 Å². The van der Waals surface area contributed by atoms with Crippen molar-refractivity contribution in [3.05, 3.63) is 0 Å². The molecule has 0 aromatic carbocycles. The number of rotatable bonds is 3. The Kier molecular flexibility index (Phi) is 4.49. The number of hydrogen-bond donors (Lipinski definition) is 3. The average Bonchev–Trinajstić information content (AvgIpc) is 2.84. The van der Waals surface area contributed by atoms with Crippen LogP contribution in [-0.4, -0.2) is 24.2 Å². The van der Waals surface area contributed by atoms with E-state index < -0.39 is 0 Å². The van der Waals surface area contributed by atoms with Crippen molar-refractivity contribution < 1.29 is 4.79 Å². The number of carbonyl (C=O) groups is 1. The van der Waals surface area contributed by atoms with Crippen LogP contribution in [0.5, 0.6) is 0 Å². The normalized spacial score (nSPS) is 33.3. The molecule has 0 heterocycles. The largest absolute Gasteiger partial charge is 0.336 e. The fraction of sp³-hybridized carbons (Fsp3) is 0.929. The Hall–Kier alpha value is -0.770. The highest BCUT2D eigenvalue weighted by molar-refractivity contribution is 5.74. The Bertz CT molecular complexity index is 279. The predicted molar refractivity (Wildman–Crippen MR) is 73.3 cm³/mol. The van der Waals surface area contributed by atoms with Crippen LogP contribution in [0.2, 0.25) is 0 Å². The molecular formula is C14H27N3O. The van der Waals surface area contributed by atoms with Gasteiger partial charge in [-0.1, -0.05) is 19.8 Å². The summed E-state index contributed by atoms with van der Waals surface area (Å²) in [5.41, 5.74) is 6.15. The smallest absolute Gasteiger partial charge is 0.315 e. The van der Waals surface area contributed by atoms with Gasteiger partial charge in [0.05, 0.1) is 0 Å². The lowest BCUT2D eigenvalue weighted by Crippen LogP contribution is -2.54. The van der Waals surface area contributed by atoms with E-state index in [0.29, 0.717) is 12.6 Å². The highest BCUT2D eigenvalue weighted by atomic mass is 16.2. The zero-order valence-corrected chi connectivity index (χ0v) is 11.5. The van der Waals surface area contributed by atoms with Crippen molar-refractivity contribution in [3.63, 3.8) is 0 Å². The van der Waals surface area contributed by atoms with Gasteiger partial charge in [-0.05, 0) is 44.4 Å². The van der Waals surface area contributed by atoms with Crippen molar-refractivity contribution in [2.24, 2.45) is 11.7 Å². The van der Waals surface area contributed by atoms with E-state index in [1.165, 1.54) is 25.7 Å². The highest BCUT2D eigenvalue weighted by Gasteiger charge is 2.30. The molecule has 104 valence electrons. The zero-order valence-electron chi connectivity index (χ0n) is 11.5. The van der Waals surface area contributed by atoms with Crippen LogP contribution in [0.15, 0.2) is 0 Å². The molecule has 4 heteroatoms. The quantitative estimate of drug-likeness (QED) is 0.721. The molecule has 0 aromatic rings. The first kappa shape index (κ1) is 13.7. The third-order valence-electron chi connectivity index (χ3n) is 4.56. The summed E-state index contributed by atoms with van der Waals surface area (Å²) < 4.78 is 0. The summed E-state index contributed by atoms with van der Waals surface area (Å²) in [4.78, 5) is 11.8. The molecule has 0 spiro atoms. The van der Waals surface area contributed by atoms with Gasteiger partial charge in [-0.3, -0.25) is 0 Å². The van der Waals surface area contributed by atoms with Gasteiger partial charge < -0.3 is 16.4 Å². The number of amides is 2. The summed E-state index contributed by atoms with van der Waals surface area (Å²) in [5, 5.41) is 6.00. The molecular weight excluding hydrogens is 226 g/mol. The first-order valence-electron chi connectivity index (χ1n) is 7.41. The zero-order chi connectivity index (χ0) is 13.0. The molecule has 2 fully saturated rings. The maximum atomic E-state index is 11.8. The van der Waals surface area contributed by atoms with E-state index in [0.717, 1.165) is 31.6 Å². The third-order valence-corrected chi connectivity index (χ3v) is 4.56. The van der Waals surface area contributed by atoms with Gasteiger partial charge in [0.1, 0.15) is 0 Å². The maximum Gasteiger partial charge on any atom is 0.315 e. The van der Waals surface area contributed by atoms with Crippen molar-refractivity contribution in [1.82, 2.24) is 10.6 Å². The Morgan fingerprint density at radius 3 is 2.44 bits per heavy atom. The molecule has 0 aromatic heterocycles. The molecule has 0 saturated heterocycles. The second-order valence-electron chi connectivity index (χ2n) is 6.35. The van der Waals surface area contributed by atoms with Gasteiger partial charge in [0.15, 0.2) is 0 Å². The van der Waals surface area contributed by atoms with E-state index in [2.05, 4.69) is 17.6 Å². The first-order chi connectivity index (χ1) is 8.57. The van der Waals surface area contributed by atoms with Crippen LogP contribution in [-0.2, 0) is 0 Å². The van der Waals surface area contributed by atoms with Crippen molar-refractivity contribution in [3.8, 4) is 0 Å². The van der Waals surface area contributed by atoms with E-state index in [9.17, 15) is 4.79 Å². The molecule has 4 nitrogen and oxygen atoms in total. The van der Waals surface area contributed by atoms with Gasteiger partial charge in [0.25, 0.3) is 0 Å². The molecule has 2 aliphatic carbocycles. The van der Waals surface area contributed by atoms with Gasteiger partial charge >= 0.3 is 6.03 Å². The fourth-order valence-corrected chi connectivity index (χ4v) is 3.08. The molecule has 0 bridgehead atoms. The molecule has 2 saturated carbocycles. The van der Waals surface area contributed by atoms with Crippen LogP contribution in [0.25, 0.3) is 0 Å². The number of nitrogens with two attached hydrogens (primary N) is 1. The van der Waals surface area contributed by atoms with E-state index in [4.69, 9.17) is 5.73 Å². The van der Waals surface area contributed by atoms with Gasteiger partial charge in [0.2, 0.25) is 0 Å². The minimum atomic E-state index is -0.181. The molecule has 0 atom stereocenters. The average molecular weight is 253 g/mol. The fourth-order valence-electron chi connectivity index (χ4n) is 3.08. The first-order valence-corrected chi connectivity index (χ1v) is 7.41. The standard InChI is InChI=1S/C14H27N3O/c1-11-6-8-14(15,9-7-11)10-16-13(18)17-12-4-2-3-5-12/h11-12H,2-10,15H2,1H3,(H2,16,17,18). The van der Waals surface area contributed by atoms with E-state index in [-0.39, 0.29) is 11.6 Å². The van der Waals surface area contributed by atoms with Crippen LogP contribution in [0.4, 0.5) is 4.79 Å². The lowest BCUT2D eigenvalue weighted by Gasteiger charge is -2.36. The predicted octanol–water partition coefficient (Wildman–Crippen LogP) is 2.14. The summed E-state index contributed by atoms with van der Waals surface area (Å²) in [6, 6.07) is 0.343. The Morgan fingerprint density at radius 2 is 1.83 bits per heavy atom. The van der Waals surface area contributed by atoms with E-state index in [1.54, 1.807) is 0 Å². The molecule has 2 rings (SSSR count). The Balaban J connectivity index is 1.68. The second-order valence-corrected chi connectivity index (χ2v) is 6.35. The van der Waals surface area contributed by atoms with Crippen molar-refractivity contribution in [2.45, 2.75) is 69.9 Å². The van der Waals surface area contributed by atoms with Gasteiger partial charge in [-0.2, -0.15) is 0 Å². The minimum Gasteiger partial charge on any atom is -0.336 e. The van der Waals surface area contributed by atoms with Crippen LogP contribution < -0.4 is 16.4 Å².